The number of hydrogen-bond donors (Lipinski definition) is 0. The lowest BCUT2D eigenvalue weighted by molar-refractivity contribution is -0.137. The zero-order valence-corrected chi connectivity index (χ0v) is 15.4. The maximum atomic E-state index is 13.2. The van der Waals surface area contributed by atoms with E-state index in [2.05, 4.69) is 29.2 Å². The number of alkyl halides is 3. The first-order chi connectivity index (χ1) is 13.5. The van der Waals surface area contributed by atoms with E-state index in [4.69, 9.17) is 0 Å². The first-order valence-electron chi connectivity index (χ1n) is 9.15. The van der Waals surface area contributed by atoms with E-state index in [-0.39, 0.29) is 5.56 Å². The Balaban J connectivity index is 1.75. The lowest BCUT2D eigenvalue weighted by atomic mass is 10.1. The molecule has 0 amide bonds. The van der Waals surface area contributed by atoms with Gasteiger partial charge in [-0.3, -0.25) is 4.90 Å². The monoisotopic (exact) mass is 381 g/mol. The molecule has 4 heteroatoms. The first-order valence-corrected chi connectivity index (χ1v) is 9.15. The molecule has 3 rings (SSSR count). The van der Waals surface area contributed by atoms with Crippen LogP contribution in [-0.4, -0.2) is 11.4 Å². The minimum atomic E-state index is -4.35. The summed E-state index contributed by atoms with van der Waals surface area (Å²) in [5, 5.41) is 0. The fourth-order valence-electron chi connectivity index (χ4n) is 3.10. The maximum Gasteiger partial charge on any atom is 0.416 e. The molecule has 0 saturated heterocycles. The Morgan fingerprint density at radius 3 is 1.71 bits per heavy atom. The van der Waals surface area contributed by atoms with Gasteiger partial charge in [-0.2, -0.15) is 13.2 Å². The van der Waals surface area contributed by atoms with Crippen LogP contribution in [0.2, 0.25) is 0 Å². The highest BCUT2D eigenvalue weighted by Crippen LogP contribution is 2.32. The molecule has 0 unspecified atom stereocenters. The van der Waals surface area contributed by atoms with Crippen molar-refractivity contribution in [3.05, 3.63) is 113 Å². The Morgan fingerprint density at radius 2 is 1.18 bits per heavy atom. The van der Waals surface area contributed by atoms with Crippen LogP contribution in [0.25, 0.3) is 6.08 Å². The summed E-state index contributed by atoms with van der Waals surface area (Å²) in [7, 11) is 0. The molecule has 0 radical (unpaired) electrons. The van der Waals surface area contributed by atoms with Crippen LogP contribution in [0, 0.1) is 0 Å². The molecule has 3 aromatic rings. The fourth-order valence-corrected chi connectivity index (χ4v) is 3.10. The van der Waals surface area contributed by atoms with Crippen molar-refractivity contribution in [3.8, 4) is 0 Å². The van der Waals surface area contributed by atoms with Gasteiger partial charge >= 0.3 is 6.18 Å². The third-order valence-corrected chi connectivity index (χ3v) is 4.43. The van der Waals surface area contributed by atoms with Gasteiger partial charge in [-0.05, 0) is 22.8 Å². The summed E-state index contributed by atoms with van der Waals surface area (Å²) < 4.78 is 39.5. The van der Waals surface area contributed by atoms with Crippen molar-refractivity contribution in [3.63, 3.8) is 0 Å². The minimum Gasteiger partial charge on any atom is -0.291 e. The molecular formula is C24H22F3N. The number of benzene rings is 3. The molecule has 0 spiro atoms. The van der Waals surface area contributed by atoms with Crippen molar-refractivity contribution in [1.82, 2.24) is 4.90 Å². The molecular weight excluding hydrogens is 359 g/mol. The predicted octanol–water partition coefficient (Wildman–Crippen LogP) is 6.42. The summed E-state index contributed by atoms with van der Waals surface area (Å²) in [5.74, 6) is 0. The Hall–Kier alpha value is -2.85. The van der Waals surface area contributed by atoms with Gasteiger partial charge in [0.05, 0.1) is 5.56 Å². The summed E-state index contributed by atoms with van der Waals surface area (Å²) >= 11 is 0. The van der Waals surface area contributed by atoms with Crippen molar-refractivity contribution < 1.29 is 13.2 Å². The van der Waals surface area contributed by atoms with E-state index in [0.29, 0.717) is 6.54 Å². The van der Waals surface area contributed by atoms with Gasteiger partial charge in [-0.25, -0.2) is 0 Å². The molecule has 28 heavy (non-hydrogen) atoms. The normalized spacial score (nSPS) is 12.0. The van der Waals surface area contributed by atoms with Gasteiger partial charge < -0.3 is 0 Å². The summed E-state index contributed by atoms with van der Waals surface area (Å²) in [6.07, 6.45) is -0.989. The number of hydrogen-bond acceptors (Lipinski definition) is 1. The van der Waals surface area contributed by atoms with E-state index in [9.17, 15) is 13.2 Å². The van der Waals surface area contributed by atoms with Gasteiger partial charge in [0, 0.05) is 19.6 Å². The van der Waals surface area contributed by atoms with Crippen LogP contribution in [0.5, 0.6) is 0 Å². The highest BCUT2D eigenvalue weighted by molar-refractivity contribution is 5.54. The second-order valence-corrected chi connectivity index (χ2v) is 6.63. The van der Waals surface area contributed by atoms with Gasteiger partial charge in [-0.1, -0.05) is 91.0 Å². The Kier molecular flexibility index (Phi) is 6.66. The molecule has 0 fully saturated rings. The van der Waals surface area contributed by atoms with Crippen molar-refractivity contribution in [2.75, 3.05) is 6.54 Å². The van der Waals surface area contributed by atoms with Crippen LogP contribution in [0.1, 0.15) is 22.3 Å². The number of halogens is 3. The number of nitrogens with zero attached hydrogens (tertiary/aromatic N) is 1. The second kappa shape index (κ2) is 9.38. The average molecular weight is 381 g/mol. The van der Waals surface area contributed by atoms with Crippen molar-refractivity contribution >= 4 is 6.08 Å². The summed E-state index contributed by atoms with van der Waals surface area (Å²) in [4.78, 5) is 2.21. The van der Waals surface area contributed by atoms with Gasteiger partial charge in [0.1, 0.15) is 0 Å². The quantitative estimate of drug-likeness (QED) is 0.456. The molecule has 0 aliphatic carbocycles. The minimum absolute atomic E-state index is 0.189. The Morgan fingerprint density at radius 1 is 0.679 bits per heavy atom. The van der Waals surface area contributed by atoms with Crippen molar-refractivity contribution in [2.45, 2.75) is 19.3 Å². The molecule has 0 N–H and O–H groups in total. The average Bonchev–Trinajstić information content (AvgIpc) is 2.69. The molecule has 0 aliphatic rings. The maximum absolute atomic E-state index is 13.2. The van der Waals surface area contributed by atoms with E-state index >= 15 is 0 Å². The third kappa shape index (κ3) is 5.83. The fraction of sp³-hybridized carbons (Fsp3) is 0.167. The zero-order valence-electron chi connectivity index (χ0n) is 15.4. The smallest absolute Gasteiger partial charge is 0.291 e. The van der Waals surface area contributed by atoms with Gasteiger partial charge in [0.15, 0.2) is 0 Å². The molecule has 1 nitrogen and oxygen atoms in total. The van der Waals surface area contributed by atoms with Crippen molar-refractivity contribution in [2.24, 2.45) is 0 Å². The van der Waals surface area contributed by atoms with Gasteiger partial charge in [0.2, 0.25) is 0 Å². The summed E-state index contributed by atoms with van der Waals surface area (Å²) in [5.41, 5.74) is 1.92. The molecule has 3 aromatic carbocycles. The molecule has 0 aliphatic heterocycles. The van der Waals surface area contributed by atoms with E-state index < -0.39 is 11.7 Å². The lowest BCUT2D eigenvalue weighted by Crippen LogP contribution is -2.22. The standard InChI is InChI=1S/C24H22F3N/c25-24(26,27)23-16-8-7-14-22(23)15-9-17-28(18-20-10-3-1-4-11-20)19-21-12-5-2-6-13-21/h1-16H,17-19H2/b15-9-. The van der Waals surface area contributed by atoms with E-state index in [0.717, 1.165) is 19.2 Å². The van der Waals surface area contributed by atoms with E-state index in [1.807, 2.05) is 36.4 Å². The highest BCUT2D eigenvalue weighted by Gasteiger charge is 2.32. The van der Waals surface area contributed by atoms with Crippen molar-refractivity contribution in [1.29, 1.82) is 0 Å². The zero-order chi connectivity index (χ0) is 19.8. The molecule has 0 saturated carbocycles. The highest BCUT2D eigenvalue weighted by atomic mass is 19.4. The predicted molar refractivity (Wildman–Crippen MR) is 107 cm³/mol. The molecule has 0 aromatic heterocycles. The van der Waals surface area contributed by atoms with Gasteiger partial charge in [-0.15, -0.1) is 0 Å². The van der Waals surface area contributed by atoms with Crippen LogP contribution < -0.4 is 0 Å². The molecule has 0 bridgehead atoms. The Labute approximate surface area is 163 Å². The van der Waals surface area contributed by atoms with Gasteiger partial charge in [0.25, 0.3) is 0 Å². The molecule has 0 heterocycles. The molecule has 0 atom stereocenters. The largest absolute Gasteiger partial charge is 0.416 e. The Bertz CT molecular complexity index is 845. The lowest BCUT2D eigenvalue weighted by Gasteiger charge is -2.21. The molecule has 144 valence electrons. The SMILES string of the molecule is FC(F)(F)c1ccccc1/C=C\CN(Cc1ccccc1)Cc1ccccc1. The summed E-state index contributed by atoms with van der Waals surface area (Å²) in [6, 6.07) is 25.8. The van der Waals surface area contributed by atoms with Crippen LogP contribution in [0.4, 0.5) is 13.2 Å². The van der Waals surface area contributed by atoms with Crippen LogP contribution in [0.15, 0.2) is 91.0 Å². The second-order valence-electron chi connectivity index (χ2n) is 6.63. The number of rotatable bonds is 7. The van der Waals surface area contributed by atoms with E-state index in [1.54, 1.807) is 18.2 Å². The third-order valence-electron chi connectivity index (χ3n) is 4.43. The topological polar surface area (TPSA) is 3.24 Å². The van der Waals surface area contributed by atoms with Crippen LogP contribution in [-0.2, 0) is 19.3 Å². The summed E-state index contributed by atoms with van der Waals surface area (Å²) in [6.45, 7) is 2.00. The van der Waals surface area contributed by atoms with E-state index in [1.165, 1.54) is 23.3 Å². The van der Waals surface area contributed by atoms with Crippen LogP contribution >= 0.6 is 0 Å². The van der Waals surface area contributed by atoms with Crippen LogP contribution in [0.3, 0.4) is 0 Å². The first kappa shape index (κ1) is 19.9.